The normalized spacial score (nSPS) is 23.9. The van der Waals surface area contributed by atoms with Crippen LogP contribution in [0.1, 0.15) is 37.5 Å². The fraction of sp³-hybridized carbons (Fsp3) is 0.609. The van der Waals surface area contributed by atoms with Crippen molar-refractivity contribution in [1.29, 1.82) is 0 Å². The van der Waals surface area contributed by atoms with E-state index in [4.69, 9.17) is 14.5 Å². The molecule has 1 aromatic heterocycles. The molecular weight excluding hydrogens is 394 g/mol. The Morgan fingerprint density at radius 2 is 2.13 bits per heavy atom. The van der Waals surface area contributed by atoms with Gasteiger partial charge in [0.2, 0.25) is 5.91 Å². The number of aromatic nitrogens is 3. The molecule has 3 heterocycles. The van der Waals surface area contributed by atoms with Gasteiger partial charge < -0.3 is 14.4 Å². The number of carbonyl (C=O) groups is 1. The van der Waals surface area contributed by atoms with Crippen LogP contribution in [0.15, 0.2) is 24.3 Å². The van der Waals surface area contributed by atoms with Crippen molar-refractivity contribution >= 4 is 5.91 Å². The van der Waals surface area contributed by atoms with Crippen LogP contribution in [0.3, 0.4) is 0 Å². The summed E-state index contributed by atoms with van der Waals surface area (Å²) in [7, 11) is 1.57. The zero-order valence-electron chi connectivity index (χ0n) is 18.9. The third-order valence-electron chi connectivity index (χ3n) is 6.43. The third kappa shape index (κ3) is 4.45. The number of rotatable bonds is 7. The van der Waals surface area contributed by atoms with Crippen molar-refractivity contribution in [3.8, 4) is 5.75 Å². The second-order valence-electron chi connectivity index (χ2n) is 9.06. The molecule has 168 valence electrons. The Morgan fingerprint density at radius 1 is 1.32 bits per heavy atom. The van der Waals surface area contributed by atoms with Gasteiger partial charge in [-0.25, -0.2) is 4.98 Å². The van der Waals surface area contributed by atoms with Crippen molar-refractivity contribution in [1.82, 2.24) is 25.0 Å². The largest absolute Gasteiger partial charge is 0.491 e. The molecule has 0 bridgehead atoms. The van der Waals surface area contributed by atoms with Crippen LogP contribution in [0, 0.1) is 12.8 Å². The van der Waals surface area contributed by atoms with Gasteiger partial charge in [-0.05, 0) is 33.3 Å². The average Bonchev–Trinajstić information content (AvgIpc) is 3.32. The number of likely N-dealkylation sites (tertiary alicyclic amines) is 2. The number of hydrogen-bond acceptors (Lipinski definition) is 6. The molecule has 2 atom stereocenters. The summed E-state index contributed by atoms with van der Waals surface area (Å²) in [5.74, 6) is 2.97. The predicted molar refractivity (Wildman–Crippen MR) is 117 cm³/mol. The van der Waals surface area contributed by atoms with E-state index in [0.29, 0.717) is 13.1 Å². The first-order chi connectivity index (χ1) is 14.9. The van der Waals surface area contributed by atoms with Gasteiger partial charge in [-0.2, -0.15) is 5.10 Å². The van der Waals surface area contributed by atoms with Gasteiger partial charge in [0.1, 0.15) is 18.2 Å². The van der Waals surface area contributed by atoms with E-state index in [9.17, 15) is 4.79 Å². The minimum atomic E-state index is -0.150. The van der Waals surface area contributed by atoms with Crippen molar-refractivity contribution in [2.24, 2.45) is 5.92 Å². The molecule has 31 heavy (non-hydrogen) atoms. The topological polar surface area (TPSA) is 83.6 Å². The molecule has 0 unspecified atom stereocenters. The van der Waals surface area contributed by atoms with Crippen LogP contribution in [0.2, 0.25) is 0 Å². The molecule has 1 N–H and O–H groups in total. The zero-order chi connectivity index (χ0) is 22.0. The smallest absolute Gasteiger partial charge is 0.248 e. The lowest BCUT2D eigenvalue weighted by molar-refractivity contribution is -0.137. The molecule has 0 aliphatic carbocycles. The van der Waals surface area contributed by atoms with E-state index in [0.717, 1.165) is 43.5 Å². The summed E-state index contributed by atoms with van der Waals surface area (Å²) in [6.07, 6.45) is 0.982. The number of piperidine rings is 1. The first-order valence-corrected chi connectivity index (χ1v) is 11.0. The Morgan fingerprint density at radius 3 is 2.84 bits per heavy atom. The Labute approximate surface area is 183 Å². The molecule has 0 spiro atoms. The molecule has 0 saturated carbocycles. The maximum Gasteiger partial charge on any atom is 0.248 e. The van der Waals surface area contributed by atoms with Crippen LogP contribution >= 0.6 is 0 Å². The van der Waals surface area contributed by atoms with Gasteiger partial charge in [-0.1, -0.05) is 18.2 Å². The Balaban J connectivity index is 1.57. The summed E-state index contributed by atoms with van der Waals surface area (Å²) in [5, 5.41) is 7.58. The highest BCUT2D eigenvalue weighted by Crippen LogP contribution is 2.44. The minimum Gasteiger partial charge on any atom is -0.491 e. The summed E-state index contributed by atoms with van der Waals surface area (Å²) in [5.41, 5.74) is 1.03. The van der Waals surface area contributed by atoms with E-state index in [1.165, 1.54) is 5.56 Å². The molecule has 2 fully saturated rings. The van der Waals surface area contributed by atoms with E-state index in [1.807, 2.05) is 37.8 Å². The number of amides is 1. The third-order valence-corrected chi connectivity index (χ3v) is 6.43. The second-order valence-corrected chi connectivity index (χ2v) is 9.06. The highest BCUT2D eigenvalue weighted by Gasteiger charge is 2.53. The number of ether oxygens (including phenoxy) is 2. The van der Waals surface area contributed by atoms with E-state index < -0.39 is 0 Å². The molecule has 2 aliphatic heterocycles. The van der Waals surface area contributed by atoms with Crippen LogP contribution in [0.5, 0.6) is 5.75 Å². The van der Waals surface area contributed by atoms with Crippen molar-refractivity contribution in [3.63, 3.8) is 0 Å². The number of benzene rings is 1. The van der Waals surface area contributed by atoms with Gasteiger partial charge in [0.25, 0.3) is 0 Å². The van der Waals surface area contributed by atoms with E-state index in [-0.39, 0.29) is 30.0 Å². The van der Waals surface area contributed by atoms with Crippen molar-refractivity contribution in [3.05, 3.63) is 41.5 Å². The summed E-state index contributed by atoms with van der Waals surface area (Å²) < 4.78 is 11.1. The van der Waals surface area contributed by atoms with Gasteiger partial charge in [-0.15, -0.1) is 0 Å². The average molecular weight is 428 g/mol. The summed E-state index contributed by atoms with van der Waals surface area (Å²) in [6.45, 7) is 10.1. The number of hydrogen-bond donors (Lipinski definition) is 1. The quantitative estimate of drug-likeness (QED) is 0.729. The number of aromatic amines is 1. The molecule has 2 saturated heterocycles. The summed E-state index contributed by atoms with van der Waals surface area (Å²) in [4.78, 5) is 21.6. The van der Waals surface area contributed by atoms with Gasteiger partial charge in [0, 0.05) is 51.3 Å². The van der Waals surface area contributed by atoms with Crippen molar-refractivity contribution < 1.29 is 14.3 Å². The Hall–Kier alpha value is -2.45. The molecule has 1 aromatic carbocycles. The number of carbonyl (C=O) groups excluding carboxylic acids is 1. The van der Waals surface area contributed by atoms with E-state index in [2.05, 4.69) is 27.2 Å². The predicted octanol–water partition coefficient (Wildman–Crippen LogP) is 2.15. The molecule has 2 aliphatic rings. The fourth-order valence-corrected chi connectivity index (χ4v) is 5.02. The lowest BCUT2D eigenvalue weighted by atomic mass is 9.72. The number of nitrogens with one attached hydrogen (secondary N) is 1. The van der Waals surface area contributed by atoms with E-state index in [1.54, 1.807) is 7.11 Å². The van der Waals surface area contributed by atoms with Gasteiger partial charge >= 0.3 is 0 Å². The molecule has 8 nitrogen and oxygen atoms in total. The van der Waals surface area contributed by atoms with Crippen LogP contribution in [0.4, 0.5) is 0 Å². The maximum absolute atomic E-state index is 12.5. The van der Waals surface area contributed by atoms with Gasteiger partial charge in [-0.3, -0.25) is 14.8 Å². The van der Waals surface area contributed by atoms with Crippen molar-refractivity contribution in [2.45, 2.75) is 45.3 Å². The first kappa shape index (κ1) is 21.8. The first-order valence-electron chi connectivity index (χ1n) is 11.0. The van der Waals surface area contributed by atoms with Crippen molar-refractivity contribution in [2.75, 3.05) is 39.9 Å². The SMILES string of the molecule is COCC(=O)N1CC[C@@]2(c3n[nH]c(C)n3)CN(Cc3ccccc3OC(C)C)C[C@H]2C1. The van der Waals surface area contributed by atoms with Gasteiger partial charge in [0.05, 0.1) is 11.5 Å². The highest BCUT2D eigenvalue weighted by atomic mass is 16.5. The molecule has 8 heteroatoms. The summed E-state index contributed by atoms with van der Waals surface area (Å²) in [6, 6.07) is 8.25. The molecule has 4 rings (SSSR count). The fourth-order valence-electron chi connectivity index (χ4n) is 5.02. The number of H-pyrrole nitrogens is 1. The monoisotopic (exact) mass is 427 g/mol. The standard InChI is InChI=1S/C23H33N5O3/c1-16(2)31-20-8-6-5-7-18(20)11-27-12-19-13-28(21(29)14-30-4)10-9-23(19,15-27)22-24-17(3)25-26-22/h5-8,16,19H,9-15H2,1-4H3,(H,24,25,26)/t19-,23+/m0/s1. The van der Waals surface area contributed by atoms with Crippen LogP contribution in [-0.2, 0) is 21.5 Å². The number of aryl methyl sites for hydroxylation is 1. The molecular formula is C23H33N5O3. The van der Waals surface area contributed by atoms with Crippen LogP contribution in [-0.4, -0.2) is 76.9 Å². The Kier molecular flexibility index (Phi) is 6.29. The van der Waals surface area contributed by atoms with Gasteiger partial charge in [0.15, 0.2) is 5.82 Å². The second kappa shape index (κ2) is 8.96. The molecule has 2 aromatic rings. The highest BCUT2D eigenvalue weighted by molar-refractivity contribution is 5.77. The zero-order valence-corrected chi connectivity index (χ0v) is 18.9. The number of fused-ring (bicyclic) bond motifs is 1. The number of para-hydroxylation sites is 1. The Bertz CT molecular complexity index is 914. The maximum atomic E-state index is 12.5. The molecule has 1 amide bonds. The summed E-state index contributed by atoms with van der Waals surface area (Å²) >= 11 is 0. The van der Waals surface area contributed by atoms with E-state index >= 15 is 0 Å². The minimum absolute atomic E-state index is 0.0522. The number of methoxy groups -OCH3 is 1. The van der Waals surface area contributed by atoms with Crippen LogP contribution < -0.4 is 4.74 Å². The number of nitrogens with zero attached hydrogens (tertiary/aromatic N) is 4. The lowest BCUT2D eigenvalue weighted by Gasteiger charge is -2.41. The molecule has 0 radical (unpaired) electrons. The lowest BCUT2D eigenvalue weighted by Crippen LogP contribution is -2.52. The van der Waals surface area contributed by atoms with Crippen LogP contribution in [0.25, 0.3) is 0 Å².